The van der Waals surface area contributed by atoms with E-state index in [0.717, 1.165) is 12.2 Å². The van der Waals surface area contributed by atoms with Crippen molar-refractivity contribution < 1.29 is 24.1 Å². The zero-order valence-electron chi connectivity index (χ0n) is 19.6. The van der Waals surface area contributed by atoms with Gasteiger partial charge in [-0.2, -0.15) is 16.6 Å². The minimum Gasteiger partial charge on any atom is -0.412 e. The first-order valence-corrected chi connectivity index (χ1v) is 14.2. The van der Waals surface area contributed by atoms with Crippen LogP contribution in [0.2, 0.25) is 0 Å². The van der Waals surface area contributed by atoms with E-state index in [1.54, 1.807) is 6.92 Å². The van der Waals surface area contributed by atoms with E-state index in [1.165, 1.54) is 95.6 Å². The van der Waals surface area contributed by atoms with E-state index in [-0.39, 0.29) is 11.6 Å². The molecule has 0 aliphatic heterocycles. The Morgan fingerprint density at radius 1 is 0.800 bits per heavy atom. The first kappa shape index (κ1) is 32.4. The average molecular weight is 471 g/mol. The van der Waals surface area contributed by atoms with Gasteiger partial charge >= 0.3 is 8.25 Å². The van der Waals surface area contributed by atoms with Crippen LogP contribution in [0.3, 0.4) is 0 Å². The molecular formula is C22H49NO5PS+. The Balaban J connectivity index is 0. The quantitative estimate of drug-likeness (QED) is 0.0725. The van der Waals surface area contributed by atoms with Gasteiger partial charge in [-0.25, -0.2) is 0 Å². The molecule has 30 heavy (non-hydrogen) atoms. The average Bonchev–Trinajstić information content (AvgIpc) is 2.73. The molecule has 0 saturated carbocycles. The summed E-state index contributed by atoms with van der Waals surface area (Å²) in [5.41, 5.74) is 5.37. The van der Waals surface area contributed by atoms with E-state index in [9.17, 15) is 4.57 Å². The van der Waals surface area contributed by atoms with Crippen LogP contribution in [-0.4, -0.2) is 36.2 Å². The van der Waals surface area contributed by atoms with Gasteiger partial charge in [-0.05, 0) is 31.3 Å². The van der Waals surface area contributed by atoms with Crippen molar-refractivity contribution in [3.8, 4) is 0 Å². The third kappa shape index (κ3) is 26.3. The van der Waals surface area contributed by atoms with Crippen molar-refractivity contribution >= 4 is 20.0 Å². The maximum Gasteiger partial charge on any atom is 0.728 e. The molecule has 182 valence electrons. The van der Waals surface area contributed by atoms with Crippen molar-refractivity contribution in [1.82, 2.24) is 0 Å². The van der Waals surface area contributed by atoms with E-state index in [1.807, 2.05) is 11.8 Å². The van der Waals surface area contributed by atoms with Gasteiger partial charge in [0.05, 0.1) is 4.67 Å². The Hall–Kier alpha value is 0.250. The van der Waals surface area contributed by atoms with Gasteiger partial charge in [-0.15, -0.1) is 4.52 Å². The molecule has 2 unspecified atom stereocenters. The summed E-state index contributed by atoms with van der Waals surface area (Å²) in [7, 11) is -2.20. The van der Waals surface area contributed by atoms with Crippen LogP contribution >= 0.6 is 20.0 Å². The smallest absolute Gasteiger partial charge is 0.412 e. The van der Waals surface area contributed by atoms with E-state index in [4.69, 9.17) is 15.1 Å². The van der Waals surface area contributed by atoms with Gasteiger partial charge in [-0.1, -0.05) is 90.4 Å². The number of hydrogen-bond donors (Lipinski definition) is 1. The summed E-state index contributed by atoms with van der Waals surface area (Å²) >= 11 is 1.95. The Bertz CT molecular complexity index is 353. The molecule has 0 aliphatic rings. The summed E-state index contributed by atoms with van der Waals surface area (Å²) in [6, 6.07) is 0. The summed E-state index contributed by atoms with van der Waals surface area (Å²) in [5, 5.41) is 0. The molecule has 0 saturated heterocycles. The SMILES string of the molecule is CCCCCCCCCCCCCCCCSCCCO[P+](=O)OOC(C)CN.O. The highest BCUT2D eigenvalue weighted by atomic mass is 32.2. The summed E-state index contributed by atoms with van der Waals surface area (Å²) in [5.74, 6) is 2.24. The third-order valence-corrected chi connectivity index (χ3v) is 6.63. The number of hydrogen-bond acceptors (Lipinski definition) is 6. The summed E-state index contributed by atoms with van der Waals surface area (Å²) < 4.78 is 21.1. The molecule has 0 bridgehead atoms. The number of nitrogens with two attached hydrogens (primary N) is 1. The summed E-state index contributed by atoms with van der Waals surface area (Å²) in [6.07, 6.45) is 20.2. The zero-order chi connectivity index (χ0) is 21.4. The van der Waals surface area contributed by atoms with Crippen molar-refractivity contribution in [2.24, 2.45) is 5.73 Å². The van der Waals surface area contributed by atoms with Crippen LogP contribution in [0.25, 0.3) is 0 Å². The monoisotopic (exact) mass is 470 g/mol. The Kier molecular flexibility index (Phi) is 29.5. The van der Waals surface area contributed by atoms with E-state index in [0.29, 0.717) is 13.2 Å². The van der Waals surface area contributed by atoms with Gasteiger partial charge < -0.3 is 11.2 Å². The van der Waals surface area contributed by atoms with Gasteiger partial charge in [0.25, 0.3) is 0 Å². The normalized spacial score (nSPS) is 12.6. The number of thioether (sulfide) groups is 1. The molecule has 8 heteroatoms. The standard InChI is InChI=1S/C22H47NO4PS.H2O/c1-3-4-5-6-7-8-9-10-11-12-13-14-15-16-19-29-20-17-18-25-28(24)27-26-22(2)21-23;/h22H,3-21,23H2,1-2H3;1H2/q+1;. The molecule has 0 fully saturated rings. The van der Waals surface area contributed by atoms with Crippen molar-refractivity contribution in [2.45, 2.75) is 116 Å². The second-order valence-electron chi connectivity index (χ2n) is 7.84. The molecule has 0 aromatic heterocycles. The van der Waals surface area contributed by atoms with Gasteiger partial charge in [-0.3, -0.25) is 0 Å². The summed E-state index contributed by atoms with van der Waals surface area (Å²) in [6.45, 7) is 4.78. The molecule has 0 aromatic rings. The second kappa shape index (κ2) is 27.3. The molecule has 0 aliphatic carbocycles. The lowest BCUT2D eigenvalue weighted by Crippen LogP contribution is -2.19. The van der Waals surface area contributed by atoms with Crippen LogP contribution in [-0.2, 0) is 18.7 Å². The van der Waals surface area contributed by atoms with E-state index < -0.39 is 8.25 Å². The highest BCUT2D eigenvalue weighted by Crippen LogP contribution is 2.25. The summed E-state index contributed by atoms with van der Waals surface area (Å²) in [4.78, 5) is 4.81. The Morgan fingerprint density at radius 3 is 1.77 bits per heavy atom. The minimum absolute atomic E-state index is 0. The molecule has 0 radical (unpaired) electrons. The Labute approximate surface area is 190 Å². The van der Waals surface area contributed by atoms with Crippen LogP contribution in [0.1, 0.15) is 110 Å². The third-order valence-electron chi connectivity index (χ3n) is 4.87. The lowest BCUT2D eigenvalue weighted by molar-refractivity contribution is -0.239. The van der Waals surface area contributed by atoms with Crippen molar-refractivity contribution in [3.63, 3.8) is 0 Å². The maximum absolute atomic E-state index is 11.4. The fourth-order valence-electron chi connectivity index (χ4n) is 2.97. The van der Waals surface area contributed by atoms with Crippen LogP contribution in [0.15, 0.2) is 0 Å². The van der Waals surface area contributed by atoms with Crippen molar-refractivity contribution in [2.75, 3.05) is 24.7 Å². The van der Waals surface area contributed by atoms with Crippen LogP contribution in [0.4, 0.5) is 0 Å². The number of rotatable bonds is 24. The van der Waals surface area contributed by atoms with Crippen LogP contribution in [0.5, 0.6) is 0 Å². The molecular weight excluding hydrogens is 421 g/mol. The van der Waals surface area contributed by atoms with E-state index >= 15 is 0 Å². The highest BCUT2D eigenvalue weighted by molar-refractivity contribution is 7.99. The van der Waals surface area contributed by atoms with Crippen LogP contribution in [0, 0.1) is 0 Å². The van der Waals surface area contributed by atoms with Crippen molar-refractivity contribution in [1.29, 1.82) is 0 Å². The van der Waals surface area contributed by atoms with Gasteiger partial charge in [0.15, 0.2) is 0 Å². The largest absolute Gasteiger partial charge is 0.728 e. The highest BCUT2D eigenvalue weighted by Gasteiger charge is 2.23. The Morgan fingerprint density at radius 2 is 1.27 bits per heavy atom. The predicted octanol–water partition coefficient (Wildman–Crippen LogP) is 6.74. The minimum atomic E-state index is -2.20. The molecule has 2 atom stereocenters. The lowest BCUT2D eigenvalue weighted by Gasteiger charge is -2.03. The fourth-order valence-corrected chi connectivity index (χ4v) is 4.44. The molecule has 0 amide bonds. The van der Waals surface area contributed by atoms with Gasteiger partial charge in [0.2, 0.25) is 0 Å². The molecule has 0 heterocycles. The molecule has 0 spiro atoms. The van der Waals surface area contributed by atoms with Crippen LogP contribution < -0.4 is 5.73 Å². The van der Waals surface area contributed by atoms with Crippen molar-refractivity contribution in [3.05, 3.63) is 0 Å². The molecule has 0 rings (SSSR count). The maximum atomic E-state index is 11.4. The predicted molar refractivity (Wildman–Crippen MR) is 130 cm³/mol. The van der Waals surface area contributed by atoms with Gasteiger partial charge in [0, 0.05) is 11.1 Å². The fraction of sp³-hybridized carbons (Fsp3) is 1.00. The molecule has 4 N–H and O–H groups in total. The number of unbranched alkanes of at least 4 members (excludes halogenated alkanes) is 13. The topological polar surface area (TPSA) is 102 Å². The first-order chi connectivity index (χ1) is 14.2. The first-order valence-electron chi connectivity index (χ1n) is 11.9. The lowest BCUT2D eigenvalue weighted by atomic mass is 10.0. The molecule has 6 nitrogen and oxygen atoms in total. The van der Waals surface area contributed by atoms with E-state index in [2.05, 4.69) is 11.6 Å². The van der Waals surface area contributed by atoms with Gasteiger partial charge in [0.1, 0.15) is 12.7 Å². The zero-order valence-corrected chi connectivity index (χ0v) is 21.3. The molecule has 0 aromatic carbocycles. The second-order valence-corrected chi connectivity index (χ2v) is 9.92.